The Hall–Kier alpha value is -3.38. The van der Waals surface area contributed by atoms with Gasteiger partial charge in [-0.2, -0.15) is 9.61 Å². The Morgan fingerprint density at radius 2 is 2.23 bits per heavy atom. The zero-order valence-electron chi connectivity index (χ0n) is 19.6. The van der Waals surface area contributed by atoms with Gasteiger partial charge >= 0.3 is 5.69 Å². The molecule has 0 radical (unpaired) electrons. The maximum Gasteiger partial charge on any atom is 0.326 e. The minimum Gasteiger partial charge on any atom is -0.493 e. The van der Waals surface area contributed by atoms with Gasteiger partial charge < -0.3 is 20.3 Å². The predicted molar refractivity (Wildman–Crippen MR) is 133 cm³/mol. The van der Waals surface area contributed by atoms with Gasteiger partial charge in [0, 0.05) is 17.8 Å². The maximum absolute atomic E-state index is 12.6. The minimum atomic E-state index is -0.496. The summed E-state index contributed by atoms with van der Waals surface area (Å²) in [5.74, 6) is -0.296. The van der Waals surface area contributed by atoms with Crippen molar-refractivity contribution in [3.05, 3.63) is 55.8 Å². The number of fused-ring (bicyclic) bond motifs is 1. The molecule has 3 aromatic rings. The molecule has 2 aliphatic rings. The number of imidazole rings is 1. The van der Waals surface area contributed by atoms with Gasteiger partial charge in [0.2, 0.25) is 5.88 Å². The summed E-state index contributed by atoms with van der Waals surface area (Å²) in [6.45, 7) is 1.56. The monoisotopic (exact) mass is 496 g/mol. The Morgan fingerprint density at radius 1 is 1.40 bits per heavy atom. The fraction of sp³-hybridized carbons (Fsp3) is 0.435. The van der Waals surface area contributed by atoms with Crippen LogP contribution in [0.2, 0.25) is 0 Å². The second-order valence-corrected chi connectivity index (χ2v) is 10.3. The molecule has 35 heavy (non-hydrogen) atoms. The van der Waals surface area contributed by atoms with Crippen LogP contribution in [0.3, 0.4) is 0 Å². The number of aromatic hydroxyl groups is 1. The van der Waals surface area contributed by atoms with E-state index in [1.165, 1.54) is 11.8 Å². The van der Waals surface area contributed by atoms with Gasteiger partial charge in [0.05, 0.1) is 28.1 Å². The van der Waals surface area contributed by atoms with E-state index in [4.69, 9.17) is 9.98 Å². The van der Waals surface area contributed by atoms with E-state index in [1.807, 2.05) is 26.2 Å². The largest absolute Gasteiger partial charge is 0.493 e. The van der Waals surface area contributed by atoms with E-state index in [2.05, 4.69) is 25.3 Å². The zero-order chi connectivity index (χ0) is 24.5. The summed E-state index contributed by atoms with van der Waals surface area (Å²) in [6, 6.07) is 2.23. The lowest BCUT2D eigenvalue weighted by Gasteiger charge is -2.12. The van der Waals surface area contributed by atoms with Gasteiger partial charge in [0.1, 0.15) is 5.69 Å². The summed E-state index contributed by atoms with van der Waals surface area (Å²) in [6.07, 6.45) is 8.91. The molecule has 1 fully saturated rings. The van der Waals surface area contributed by atoms with Crippen LogP contribution in [0.5, 0.6) is 5.88 Å². The van der Waals surface area contributed by atoms with Crippen molar-refractivity contribution in [3.8, 4) is 5.88 Å². The molecule has 1 saturated carbocycles. The molecule has 12 heteroatoms. The Balaban J connectivity index is 1.42. The van der Waals surface area contributed by atoms with Crippen molar-refractivity contribution >= 4 is 29.4 Å². The fourth-order valence-corrected chi connectivity index (χ4v) is 4.97. The maximum atomic E-state index is 12.6. The summed E-state index contributed by atoms with van der Waals surface area (Å²) < 4.78 is 1.68. The molecule has 0 bridgehead atoms. The molecular weight excluding hydrogens is 468 g/mol. The minimum absolute atomic E-state index is 0.0149. The van der Waals surface area contributed by atoms with Crippen LogP contribution in [0.4, 0.5) is 0 Å². The summed E-state index contributed by atoms with van der Waals surface area (Å²) in [4.78, 5) is 41.5. The number of carbonyl (C=O) groups is 1. The van der Waals surface area contributed by atoms with E-state index in [0.717, 1.165) is 31.5 Å². The number of rotatable bonds is 8. The third-order valence-electron chi connectivity index (χ3n) is 5.80. The first kappa shape index (κ1) is 23.4. The van der Waals surface area contributed by atoms with E-state index in [-0.39, 0.29) is 28.8 Å². The van der Waals surface area contributed by atoms with Gasteiger partial charge in [-0.15, -0.1) is 11.8 Å². The number of hydrogen-bond donors (Lipinski definition) is 4. The lowest BCUT2D eigenvalue weighted by molar-refractivity contribution is -0.116. The van der Waals surface area contributed by atoms with Crippen LogP contribution in [0.1, 0.15) is 42.3 Å². The highest BCUT2D eigenvalue weighted by molar-refractivity contribution is 8.04. The first-order chi connectivity index (χ1) is 16.9. The molecule has 0 saturated heterocycles. The molecule has 1 amide bonds. The van der Waals surface area contributed by atoms with Crippen LogP contribution in [-0.2, 0) is 4.79 Å². The molecular formula is C23H28N8O3S. The second kappa shape index (κ2) is 9.70. The van der Waals surface area contributed by atoms with Crippen molar-refractivity contribution in [1.29, 1.82) is 0 Å². The fourth-order valence-electron chi connectivity index (χ4n) is 3.85. The van der Waals surface area contributed by atoms with Crippen LogP contribution in [0, 0.1) is 0 Å². The number of carbonyl (C=O) groups excluding carboxylic acids is 1. The number of thioether (sulfide) groups is 1. The van der Waals surface area contributed by atoms with Crippen LogP contribution in [-0.4, -0.2) is 73.7 Å². The molecule has 3 aromatic heterocycles. The molecule has 4 N–H and O–H groups in total. The van der Waals surface area contributed by atoms with Gasteiger partial charge in [-0.25, -0.2) is 9.78 Å². The SMILES string of the molecule is CN(C)CCCNC(=O)C1=CCC(c2cc(=NC3CC3)n3ncc(=Cc4[nH]c(=O)[nH]c4O)c3n2)S1. The van der Waals surface area contributed by atoms with Crippen molar-refractivity contribution < 1.29 is 9.90 Å². The average Bonchev–Trinajstić information content (AvgIpc) is 3.19. The highest BCUT2D eigenvalue weighted by Gasteiger charge is 2.26. The number of nitrogens with zero attached hydrogens (tertiary/aromatic N) is 5. The van der Waals surface area contributed by atoms with Crippen molar-refractivity contribution in [3.63, 3.8) is 0 Å². The molecule has 184 valence electrons. The van der Waals surface area contributed by atoms with E-state index in [9.17, 15) is 14.7 Å². The number of aromatic nitrogens is 5. The zero-order valence-corrected chi connectivity index (χ0v) is 20.4. The van der Waals surface area contributed by atoms with Gasteiger partial charge in [0.15, 0.2) is 11.1 Å². The standard InChI is InChI=1S/C23H28N8O3S/c1-30(2)9-3-8-24-22(33)18-7-6-17(35-18)15-11-19(26-14-4-5-14)31-20(27-15)13(12-25-31)10-16-21(32)29-23(34)28-16/h7,10-12,14,17,32H,3-6,8-9H2,1-2H3,(H,24,33)(H2,28,29,34). The van der Waals surface area contributed by atoms with Gasteiger partial charge in [-0.05, 0) is 52.4 Å². The summed E-state index contributed by atoms with van der Waals surface area (Å²) in [5, 5.41) is 18.0. The number of aromatic amines is 2. The summed E-state index contributed by atoms with van der Waals surface area (Å²) in [5.41, 5.74) is 1.86. The van der Waals surface area contributed by atoms with Crippen LogP contribution in [0.15, 0.2) is 33.0 Å². The van der Waals surface area contributed by atoms with E-state index in [1.54, 1.807) is 16.8 Å². The first-order valence-electron chi connectivity index (χ1n) is 11.6. The number of allylic oxidation sites excluding steroid dienone is 1. The third-order valence-corrected chi connectivity index (χ3v) is 7.13. The highest BCUT2D eigenvalue weighted by Crippen LogP contribution is 2.42. The van der Waals surface area contributed by atoms with Crippen molar-refractivity contribution in [2.45, 2.75) is 37.0 Å². The van der Waals surface area contributed by atoms with Crippen molar-refractivity contribution in [2.24, 2.45) is 4.99 Å². The van der Waals surface area contributed by atoms with Crippen LogP contribution >= 0.6 is 11.8 Å². The number of hydrogen-bond acceptors (Lipinski definition) is 8. The second-order valence-electron chi connectivity index (χ2n) is 9.04. The van der Waals surface area contributed by atoms with E-state index >= 15 is 0 Å². The molecule has 1 unspecified atom stereocenters. The summed E-state index contributed by atoms with van der Waals surface area (Å²) in [7, 11) is 4.03. The molecule has 1 aliphatic heterocycles. The number of amides is 1. The molecule has 5 rings (SSSR count). The van der Waals surface area contributed by atoms with Crippen molar-refractivity contribution in [2.75, 3.05) is 27.2 Å². The molecule has 11 nitrogen and oxygen atoms in total. The molecule has 0 spiro atoms. The predicted octanol–water partition coefficient (Wildman–Crippen LogP) is 0.192. The van der Waals surface area contributed by atoms with Gasteiger partial charge in [0.25, 0.3) is 5.91 Å². The topological polar surface area (TPSA) is 144 Å². The first-order valence-corrected chi connectivity index (χ1v) is 12.5. The van der Waals surface area contributed by atoms with Gasteiger partial charge in [-0.1, -0.05) is 6.08 Å². The Morgan fingerprint density at radius 3 is 2.94 bits per heavy atom. The van der Waals surface area contributed by atoms with E-state index in [0.29, 0.717) is 34.2 Å². The third kappa shape index (κ3) is 5.33. The lowest BCUT2D eigenvalue weighted by Crippen LogP contribution is -2.27. The van der Waals surface area contributed by atoms with Crippen LogP contribution < -0.4 is 21.7 Å². The normalized spacial score (nSPS) is 19.2. The highest BCUT2D eigenvalue weighted by atomic mass is 32.2. The molecule has 1 aliphatic carbocycles. The number of H-pyrrole nitrogens is 2. The Bertz CT molecular complexity index is 1460. The van der Waals surface area contributed by atoms with Gasteiger partial charge in [-0.3, -0.25) is 14.8 Å². The summed E-state index contributed by atoms with van der Waals surface area (Å²) >= 11 is 1.51. The Kier molecular flexibility index (Phi) is 6.48. The van der Waals surface area contributed by atoms with Crippen molar-refractivity contribution in [1.82, 2.24) is 34.8 Å². The van der Waals surface area contributed by atoms with E-state index < -0.39 is 5.69 Å². The molecule has 0 aromatic carbocycles. The molecule has 1 atom stereocenters. The van der Waals surface area contributed by atoms with Crippen LogP contribution in [0.25, 0.3) is 11.7 Å². The number of nitrogens with one attached hydrogen (secondary N) is 3. The molecule has 4 heterocycles. The lowest BCUT2D eigenvalue weighted by atomic mass is 10.2. The smallest absolute Gasteiger partial charge is 0.326 e. The quantitative estimate of drug-likeness (QED) is 0.326. The average molecular weight is 497 g/mol. The Labute approximate surface area is 205 Å².